The standard InChI is InChI=1S/C18H29NO3/c1-14(2)22-13-12-19-11-5-6-17(19)18(3,20)15-7-9-16(21-4)10-8-15/h7-10,14,17,20H,5-6,11-13H2,1-4H3/t17-,18+/m0/s1. The predicted octanol–water partition coefficient (Wildman–Crippen LogP) is 2.79. The third kappa shape index (κ3) is 4.00. The molecule has 0 unspecified atom stereocenters. The van der Waals surface area contributed by atoms with Crippen molar-refractivity contribution in [3.05, 3.63) is 29.8 Å². The van der Waals surface area contributed by atoms with E-state index in [4.69, 9.17) is 9.47 Å². The number of likely N-dealkylation sites (tertiary alicyclic amines) is 1. The van der Waals surface area contributed by atoms with Crippen molar-refractivity contribution in [2.45, 2.75) is 51.4 Å². The number of nitrogens with zero attached hydrogens (tertiary/aromatic N) is 1. The molecule has 0 aromatic heterocycles. The zero-order valence-corrected chi connectivity index (χ0v) is 14.2. The van der Waals surface area contributed by atoms with Crippen molar-refractivity contribution in [1.29, 1.82) is 0 Å². The quantitative estimate of drug-likeness (QED) is 0.841. The van der Waals surface area contributed by atoms with Crippen molar-refractivity contribution in [2.75, 3.05) is 26.8 Å². The van der Waals surface area contributed by atoms with E-state index < -0.39 is 5.60 Å². The van der Waals surface area contributed by atoms with Crippen molar-refractivity contribution in [3.63, 3.8) is 0 Å². The first-order chi connectivity index (χ1) is 10.4. The number of rotatable bonds is 7. The van der Waals surface area contributed by atoms with E-state index in [9.17, 15) is 5.11 Å². The Morgan fingerprint density at radius 2 is 2.00 bits per heavy atom. The van der Waals surface area contributed by atoms with Crippen LogP contribution < -0.4 is 4.74 Å². The Labute approximate surface area is 134 Å². The van der Waals surface area contributed by atoms with E-state index in [1.54, 1.807) is 7.11 Å². The molecule has 0 spiro atoms. The molecule has 4 heteroatoms. The molecule has 1 heterocycles. The van der Waals surface area contributed by atoms with Gasteiger partial charge in [-0.2, -0.15) is 0 Å². The Morgan fingerprint density at radius 3 is 2.59 bits per heavy atom. The van der Waals surface area contributed by atoms with Gasteiger partial charge in [-0.05, 0) is 57.9 Å². The van der Waals surface area contributed by atoms with Crippen LogP contribution in [0.5, 0.6) is 5.75 Å². The number of ether oxygens (including phenoxy) is 2. The van der Waals surface area contributed by atoms with E-state index >= 15 is 0 Å². The Balaban J connectivity index is 2.05. The second-order valence-corrected chi connectivity index (χ2v) is 6.49. The highest BCUT2D eigenvalue weighted by Crippen LogP contribution is 2.35. The topological polar surface area (TPSA) is 41.9 Å². The van der Waals surface area contributed by atoms with E-state index in [2.05, 4.69) is 18.7 Å². The highest BCUT2D eigenvalue weighted by atomic mass is 16.5. The second-order valence-electron chi connectivity index (χ2n) is 6.49. The molecule has 2 atom stereocenters. The lowest BCUT2D eigenvalue weighted by atomic mass is 9.86. The van der Waals surface area contributed by atoms with Gasteiger partial charge >= 0.3 is 0 Å². The largest absolute Gasteiger partial charge is 0.497 e. The molecule has 1 aliphatic heterocycles. The molecule has 1 N–H and O–H groups in total. The van der Waals surface area contributed by atoms with Gasteiger partial charge in [0.25, 0.3) is 0 Å². The Morgan fingerprint density at radius 1 is 1.32 bits per heavy atom. The summed E-state index contributed by atoms with van der Waals surface area (Å²) < 4.78 is 10.9. The van der Waals surface area contributed by atoms with Gasteiger partial charge in [0.15, 0.2) is 0 Å². The lowest BCUT2D eigenvalue weighted by Crippen LogP contribution is -2.46. The van der Waals surface area contributed by atoms with Crippen molar-refractivity contribution >= 4 is 0 Å². The van der Waals surface area contributed by atoms with Gasteiger partial charge in [-0.15, -0.1) is 0 Å². The summed E-state index contributed by atoms with van der Waals surface area (Å²) in [5.74, 6) is 0.813. The fraction of sp³-hybridized carbons (Fsp3) is 0.667. The van der Waals surface area contributed by atoms with E-state index in [0.29, 0.717) is 6.61 Å². The maximum atomic E-state index is 11.1. The highest BCUT2D eigenvalue weighted by molar-refractivity contribution is 5.31. The van der Waals surface area contributed by atoms with Gasteiger partial charge in [-0.3, -0.25) is 4.90 Å². The lowest BCUT2D eigenvalue weighted by molar-refractivity contribution is -0.0335. The monoisotopic (exact) mass is 307 g/mol. The predicted molar refractivity (Wildman–Crippen MR) is 88.2 cm³/mol. The number of hydrogen-bond acceptors (Lipinski definition) is 4. The fourth-order valence-corrected chi connectivity index (χ4v) is 3.26. The number of methoxy groups -OCH3 is 1. The van der Waals surface area contributed by atoms with E-state index in [1.807, 2.05) is 31.2 Å². The first-order valence-electron chi connectivity index (χ1n) is 8.17. The summed E-state index contributed by atoms with van der Waals surface area (Å²) in [7, 11) is 1.65. The van der Waals surface area contributed by atoms with Gasteiger partial charge in [0, 0.05) is 12.6 Å². The summed E-state index contributed by atoms with van der Waals surface area (Å²) in [6, 6.07) is 7.87. The van der Waals surface area contributed by atoms with Crippen LogP contribution in [0.15, 0.2) is 24.3 Å². The maximum absolute atomic E-state index is 11.1. The SMILES string of the molecule is COc1ccc([C@@](C)(O)[C@@H]2CCCN2CCOC(C)C)cc1. The lowest BCUT2D eigenvalue weighted by Gasteiger charge is -2.37. The third-order valence-electron chi connectivity index (χ3n) is 4.52. The van der Waals surface area contributed by atoms with Crippen LogP contribution in [0.4, 0.5) is 0 Å². The molecule has 22 heavy (non-hydrogen) atoms. The summed E-state index contributed by atoms with van der Waals surface area (Å²) in [5.41, 5.74) is 0.0793. The Bertz CT molecular complexity index is 456. The normalized spacial score (nSPS) is 22.0. The van der Waals surface area contributed by atoms with Crippen molar-refractivity contribution in [3.8, 4) is 5.75 Å². The molecule has 1 fully saturated rings. The van der Waals surface area contributed by atoms with Crippen LogP contribution in [0.2, 0.25) is 0 Å². The average Bonchev–Trinajstić information content (AvgIpc) is 2.96. The van der Waals surface area contributed by atoms with Gasteiger partial charge in [0.05, 0.1) is 19.8 Å². The highest BCUT2D eigenvalue weighted by Gasteiger charge is 2.40. The molecule has 0 bridgehead atoms. The van der Waals surface area contributed by atoms with Crippen molar-refractivity contribution in [1.82, 2.24) is 4.90 Å². The molecule has 0 radical (unpaired) electrons. The third-order valence-corrected chi connectivity index (χ3v) is 4.52. The van der Waals surface area contributed by atoms with Gasteiger partial charge in [-0.25, -0.2) is 0 Å². The molecule has 0 saturated carbocycles. The molecule has 1 aromatic carbocycles. The first-order valence-corrected chi connectivity index (χ1v) is 8.17. The van der Waals surface area contributed by atoms with Gasteiger partial charge in [-0.1, -0.05) is 12.1 Å². The summed E-state index contributed by atoms with van der Waals surface area (Å²) in [5, 5.41) is 11.1. The number of aliphatic hydroxyl groups is 1. The molecule has 0 amide bonds. The van der Waals surface area contributed by atoms with Crippen LogP contribution in [0, 0.1) is 0 Å². The molecule has 0 aliphatic carbocycles. The molecule has 1 aliphatic rings. The molecule has 1 aromatic rings. The molecular weight excluding hydrogens is 278 g/mol. The molecule has 1 saturated heterocycles. The smallest absolute Gasteiger partial charge is 0.118 e. The van der Waals surface area contributed by atoms with Crippen LogP contribution in [-0.2, 0) is 10.3 Å². The molecule has 2 rings (SSSR count). The zero-order chi connectivity index (χ0) is 16.2. The van der Waals surface area contributed by atoms with Crippen LogP contribution in [0.3, 0.4) is 0 Å². The van der Waals surface area contributed by atoms with Crippen LogP contribution >= 0.6 is 0 Å². The molecule has 124 valence electrons. The minimum absolute atomic E-state index is 0.136. The van der Waals surface area contributed by atoms with E-state index in [0.717, 1.165) is 37.2 Å². The first kappa shape index (κ1) is 17.3. The zero-order valence-electron chi connectivity index (χ0n) is 14.2. The average molecular weight is 307 g/mol. The van der Waals surface area contributed by atoms with Gasteiger partial charge in [0.2, 0.25) is 0 Å². The summed E-state index contributed by atoms with van der Waals surface area (Å²) >= 11 is 0. The van der Waals surface area contributed by atoms with Gasteiger partial charge < -0.3 is 14.6 Å². The molecular formula is C18H29NO3. The van der Waals surface area contributed by atoms with Crippen LogP contribution in [0.25, 0.3) is 0 Å². The second kappa shape index (κ2) is 7.44. The number of hydrogen-bond donors (Lipinski definition) is 1. The van der Waals surface area contributed by atoms with E-state index in [-0.39, 0.29) is 12.1 Å². The minimum Gasteiger partial charge on any atom is -0.497 e. The summed E-state index contributed by atoms with van der Waals surface area (Å²) in [4.78, 5) is 2.35. The Hall–Kier alpha value is -1.10. The maximum Gasteiger partial charge on any atom is 0.118 e. The number of benzene rings is 1. The van der Waals surface area contributed by atoms with Crippen molar-refractivity contribution < 1.29 is 14.6 Å². The van der Waals surface area contributed by atoms with Crippen LogP contribution in [-0.4, -0.2) is 49.0 Å². The fourth-order valence-electron chi connectivity index (χ4n) is 3.26. The molecule has 4 nitrogen and oxygen atoms in total. The van der Waals surface area contributed by atoms with Crippen molar-refractivity contribution in [2.24, 2.45) is 0 Å². The van der Waals surface area contributed by atoms with Crippen LogP contribution in [0.1, 0.15) is 39.2 Å². The van der Waals surface area contributed by atoms with E-state index in [1.165, 1.54) is 0 Å². The minimum atomic E-state index is -0.861. The Kier molecular flexibility index (Phi) is 5.84. The summed E-state index contributed by atoms with van der Waals surface area (Å²) in [6.45, 7) is 8.63. The summed E-state index contributed by atoms with van der Waals surface area (Å²) in [6.07, 6.45) is 2.39. The van der Waals surface area contributed by atoms with Gasteiger partial charge in [0.1, 0.15) is 11.4 Å².